The maximum atomic E-state index is 2.48. The fourth-order valence-corrected chi connectivity index (χ4v) is 10.2. The minimum atomic E-state index is 1.08. The SMILES string of the molecule is c1ccc(-c2ccc(-c3ccccc3N(c3ccc(-c4cccc5sc6ccccc6c45)cc3)c3cccc(-c4ccccc4)c3-c3ccccc3-c3ccccc3)cc2)cc1. The Labute approximate surface area is 367 Å². The Morgan fingerprint density at radius 2 is 0.694 bits per heavy atom. The average molecular weight is 808 g/mol. The first-order valence-electron chi connectivity index (χ1n) is 21.2. The summed E-state index contributed by atoms with van der Waals surface area (Å²) in [5.41, 5.74) is 17.5. The molecular formula is C60H41NS. The van der Waals surface area contributed by atoms with Crippen molar-refractivity contribution in [1.82, 2.24) is 0 Å². The van der Waals surface area contributed by atoms with E-state index in [1.165, 1.54) is 75.8 Å². The number of benzene rings is 10. The van der Waals surface area contributed by atoms with E-state index in [9.17, 15) is 0 Å². The normalized spacial score (nSPS) is 11.2. The largest absolute Gasteiger partial charge is 0.309 e. The van der Waals surface area contributed by atoms with E-state index in [1.807, 2.05) is 11.3 Å². The number of fused-ring (bicyclic) bond motifs is 3. The number of hydrogen-bond acceptors (Lipinski definition) is 2. The lowest BCUT2D eigenvalue weighted by atomic mass is 9.87. The van der Waals surface area contributed by atoms with Crippen LogP contribution in [0.3, 0.4) is 0 Å². The van der Waals surface area contributed by atoms with Gasteiger partial charge in [0, 0.05) is 37.0 Å². The van der Waals surface area contributed by atoms with Crippen LogP contribution in [0.4, 0.5) is 17.1 Å². The van der Waals surface area contributed by atoms with Crippen molar-refractivity contribution in [2.75, 3.05) is 4.90 Å². The van der Waals surface area contributed by atoms with Gasteiger partial charge in [0.25, 0.3) is 0 Å². The Morgan fingerprint density at radius 3 is 1.42 bits per heavy atom. The van der Waals surface area contributed by atoms with E-state index >= 15 is 0 Å². The number of para-hydroxylation sites is 1. The second kappa shape index (κ2) is 16.3. The average Bonchev–Trinajstić information content (AvgIpc) is 3.75. The van der Waals surface area contributed by atoms with E-state index in [0.29, 0.717) is 0 Å². The fourth-order valence-electron chi connectivity index (χ4n) is 9.04. The predicted octanol–water partition coefficient (Wildman–Crippen LogP) is 17.5. The van der Waals surface area contributed by atoms with Crippen LogP contribution in [-0.4, -0.2) is 0 Å². The smallest absolute Gasteiger partial charge is 0.0546 e. The second-order valence-corrected chi connectivity index (χ2v) is 16.7. The number of rotatable bonds is 9. The van der Waals surface area contributed by atoms with Crippen LogP contribution in [0.25, 0.3) is 86.9 Å². The predicted molar refractivity (Wildman–Crippen MR) is 267 cm³/mol. The van der Waals surface area contributed by atoms with Crippen molar-refractivity contribution in [2.45, 2.75) is 0 Å². The maximum Gasteiger partial charge on any atom is 0.0546 e. The highest BCUT2D eigenvalue weighted by Gasteiger charge is 2.25. The third-order valence-electron chi connectivity index (χ3n) is 11.9. The van der Waals surface area contributed by atoms with E-state index in [0.717, 1.165) is 28.2 Å². The van der Waals surface area contributed by atoms with Gasteiger partial charge in [-0.25, -0.2) is 0 Å². The number of thiophene rings is 1. The Kier molecular flexibility index (Phi) is 9.82. The molecule has 0 bridgehead atoms. The van der Waals surface area contributed by atoms with E-state index in [1.54, 1.807) is 0 Å². The van der Waals surface area contributed by atoms with Gasteiger partial charge in [-0.05, 0) is 92.0 Å². The second-order valence-electron chi connectivity index (χ2n) is 15.6. The molecule has 2 heteroatoms. The molecule has 0 saturated heterocycles. The van der Waals surface area contributed by atoms with E-state index < -0.39 is 0 Å². The summed E-state index contributed by atoms with van der Waals surface area (Å²) in [6, 6.07) is 90.4. The Morgan fingerprint density at radius 1 is 0.258 bits per heavy atom. The molecular weight excluding hydrogens is 767 g/mol. The highest BCUT2D eigenvalue weighted by atomic mass is 32.1. The van der Waals surface area contributed by atoms with Crippen LogP contribution in [0.1, 0.15) is 0 Å². The van der Waals surface area contributed by atoms with Crippen molar-refractivity contribution >= 4 is 48.6 Å². The molecule has 62 heavy (non-hydrogen) atoms. The first kappa shape index (κ1) is 37.2. The number of anilines is 3. The minimum absolute atomic E-state index is 1.08. The van der Waals surface area contributed by atoms with Crippen LogP contribution < -0.4 is 4.90 Å². The van der Waals surface area contributed by atoms with Crippen LogP contribution in [0, 0.1) is 0 Å². The van der Waals surface area contributed by atoms with Crippen LogP contribution in [0.15, 0.2) is 249 Å². The molecule has 0 saturated carbocycles. The molecule has 0 N–H and O–H groups in total. The first-order valence-corrected chi connectivity index (χ1v) is 22.0. The molecule has 1 aromatic heterocycles. The highest BCUT2D eigenvalue weighted by Crippen LogP contribution is 2.50. The third kappa shape index (κ3) is 6.87. The van der Waals surface area contributed by atoms with Crippen molar-refractivity contribution in [3.8, 4) is 66.8 Å². The molecule has 10 aromatic carbocycles. The molecule has 0 fully saturated rings. The van der Waals surface area contributed by atoms with Crippen molar-refractivity contribution in [1.29, 1.82) is 0 Å². The molecule has 11 aromatic rings. The third-order valence-corrected chi connectivity index (χ3v) is 13.1. The molecule has 0 amide bonds. The lowest BCUT2D eigenvalue weighted by molar-refractivity contribution is 1.28. The summed E-state index contributed by atoms with van der Waals surface area (Å²) in [5.74, 6) is 0. The van der Waals surface area contributed by atoms with Gasteiger partial charge < -0.3 is 4.90 Å². The summed E-state index contributed by atoms with van der Waals surface area (Å²) in [5, 5.41) is 2.62. The Balaban J connectivity index is 1.15. The first-order chi connectivity index (χ1) is 30.8. The lowest BCUT2D eigenvalue weighted by Crippen LogP contribution is -2.13. The molecule has 11 rings (SSSR count). The molecule has 0 aliphatic heterocycles. The van der Waals surface area contributed by atoms with Crippen molar-refractivity contribution in [3.05, 3.63) is 249 Å². The maximum absolute atomic E-state index is 2.48. The summed E-state index contributed by atoms with van der Waals surface area (Å²) in [6.07, 6.45) is 0. The Bertz CT molecular complexity index is 3310. The van der Waals surface area contributed by atoms with Crippen LogP contribution in [-0.2, 0) is 0 Å². The van der Waals surface area contributed by atoms with Crippen molar-refractivity contribution < 1.29 is 0 Å². The molecule has 1 heterocycles. The molecule has 0 unspecified atom stereocenters. The fraction of sp³-hybridized carbons (Fsp3) is 0. The molecule has 0 aliphatic rings. The Hall–Kier alpha value is -7.78. The molecule has 0 radical (unpaired) electrons. The van der Waals surface area contributed by atoms with E-state index in [2.05, 4.69) is 254 Å². The molecule has 0 aliphatic carbocycles. The van der Waals surface area contributed by atoms with E-state index in [4.69, 9.17) is 0 Å². The monoisotopic (exact) mass is 807 g/mol. The zero-order valence-electron chi connectivity index (χ0n) is 34.0. The van der Waals surface area contributed by atoms with Gasteiger partial charge in [-0.1, -0.05) is 212 Å². The summed E-state index contributed by atoms with van der Waals surface area (Å²) < 4.78 is 2.62. The molecule has 1 nitrogen and oxygen atoms in total. The van der Waals surface area contributed by atoms with Gasteiger partial charge in [0.15, 0.2) is 0 Å². The standard InChI is InChI=1S/C60H41NS/c1-4-18-42(19-5-1)43-34-36-46(37-35-43)50-25-12-14-30-55(50)61(48-40-38-47(39-41-48)52-29-17-33-58-60(52)54-27-13-15-32-57(54)62-58)56-31-16-28-51(45-22-8-3-9-23-45)59(56)53-26-11-10-24-49(53)44-20-6-2-7-21-44/h1-41H. The van der Waals surface area contributed by atoms with E-state index in [-0.39, 0.29) is 0 Å². The summed E-state index contributed by atoms with van der Waals surface area (Å²) in [7, 11) is 0. The molecule has 292 valence electrons. The van der Waals surface area contributed by atoms with Gasteiger partial charge in [-0.15, -0.1) is 11.3 Å². The number of nitrogens with zero attached hydrogens (tertiary/aromatic N) is 1. The lowest BCUT2D eigenvalue weighted by Gasteiger charge is -2.31. The summed E-state index contributed by atoms with van der Waals surface area (Å²) in [4.78, 5) is 2.48. The summed E-state index contributed by atoms with van der Waals surface area (Å²) >= 11 is 1.86. The van der Waals surface area contributed by atoms with Gasteiger partial charge in [-0.3, -0.25) is 0 Å². The number of hydrogen-bond donors (Lipinski definition) is 0. The van der Waals surface area contributed by atoms with Gasteiger partial charge in [-0.2, -0.15) is 0 Å². The quantitative estimate of drug-likeness (QED) is 0.140. The van der Waals surface area contributed by atoms with Crippen molar-refractivity contribution in [3.63, 3.8) is 0 Å². The minimum Gasteiger partial charge on any atom is -0.309 e. The van der Waals surface area contributed by atoms with Gasteiger partial charge in [0.2, 0.25) is 0 Å². The van der Waals surface area contributed by atoms with Gasteiger partial charge in [0.05, 0.1) is 11.4 Å². The zero-order chi connectivity index (χ0) is 41.2. The van der Waals surface area contributed by atoms with Gasteiger partial charge >= 0.3 is 0 Å². The van der Waals surface area contributed by atoms with Crippen LogP contribution in [0.5, 0.6) is 0 Å². The molecule has 0 atom stereocenters. The zero-order valence-corrected chi connectivity index (χ0v) is 34.8. The van der Waals surface area contributed by atoms with Crippen LogP contribution in [0.2, 0.25) is 0 Å². The van der Waals surface area contributed by atoms with Crippen molar-refractivity contribution in [2.24, 2.45) is 0 Å². The van der Waals surface area contributed by atoms with Crippen LogP contribution >= 0.6 is 11.3 Å². The molecule has 0 spiro atoms. The van der Waals surface area contributed by atoms with Gasteiger partial charge in [0.1, 0.15) is 0 Å². The summed E-state index contributed by atoms with van der Waals surface area (Å²) in [6.45, 7) is 0. The highest BCUT2D eigenvalue weighted by molar-refractivity contribution is 7.25. The topological polar surface area (TPSA) is 3.24 Å².